The lowest BCUT2D eigenvalue weighted by Crippen LogP contribution is -2.36. The largest absolute Gasteiger partial charge is 0.478 e. The summed E-state index contributed by atoms with van der Waals surface area (Å²) < 4.78 is 18.7. The Kier molecular flexibility index (Phi) is 5.07. The van der Waals surface area contributed by atoms with E-state index >= 15 is 0 Å². The smallest absolute Gasteiger partial charge is 0.339 e. The fraction of sp³-hybridized carbons (Fsp3) is 0.333. The molecule has 0 fully saturated rings. The van der Waals surface area contributed by atoms with E-state index in [1.165, 1.54) is 18.2 Å². The van der Waals surface area contributed by atoms with Crippen molar-refractivity contribution >= 4 is 11.9 Å². The van der Waals surface area contributed by atoms with Gasteiger partial charge in [0.1, 0.15) is 17.1 Å². The van der Waals surface area contributed by atoms with Gasteiger partial charge < -0.3 is 14.8 Å². The maximum absolute atomic E-state index is 13.4. The van der Waals surface area contributed by atoms with E-state index in [1.54, 1.807) is 19.1 Å². The van der Waals surface area contributed by atoms with E-state index in [0.717, 1.165) is 5.56 Å². The molecule has 2 aromatic rings. The molecule has 128 valence electrons. The summed E-state index contributed by atoms with van der Waals surface area (Å²) in [7, 11) is 0. The average Bonchev–Trinajstić information content (AvgIpc) is 2.97. The Morgan fingerprint density at radius 3 is 2.54 bits per heavy atom. The zero-order valence-electron chi connectivity index (χ0n) is 13.9. The van der Waals surface area contributed by atoms with Crippen LogP contribution in [0.2, 0.25) is 0 Å². The van der Waals surface area contributed by atoms with Gasteiger partial charge >= 0.3 is 5.97 Å². The van der Waals surface area contributed by atoms with Crippen LogP contribution in [0.25, 0.3) is 0 Å². The van der Waals surface area contributed by atoms with Crippen LogP contribution in [-0.4, -0.2) is 23.5 Å². The van der Waals surface area contributed by atoms with Crippen molar-refractivity contribution in [1.29, 1.82) is 0 Å². The molecule has 2 rings (SSSR count). The summed E-state index contributed by atoms with van der Waals surface area (Å²) in [5, 5.41) is 11.8. The molecule has 1 aromatic carbocycles. The fourth-order valence-corrected chi connectivity index (χ4v) is 2.38. The summed E-state index contributed by atoms with van der Waals surface area (Å²) in [5.41, 5.74) is 0.253. The van der Waals surface area contributed by atoms with Crippen molar-refractivity contribution in [2.45, 2.75) is 32.6 Å². The lowest BCUT2D eigenvalue weighted by atomic mass is 9.84. The van der Waals surface area contributed by atoms with E-state index in [0.29, 0.717) is 6.42 Å². The van der Waals surface area contributed by atoms with Crippen molar-refractivity contribution in [1.82, 2.24) is 5.32 Å². The second kappa shape index (κ2) is 6.86. The number of carbonyl (C=O) groups excluding carboxylic acids is 1. The number of aromatic carboxylic acids is 1. The Balaban J connectivity index is 2.11. The number of hydrogen-bond donors (Lipinski definition) is 2. The van der Waals surface area contributed by atoms with Crippen molar-refractivity contribution in [2.75, 3.05) is 6.54 Å². The molecule has 1 heterocycles. The van der Waals surface area contributed by atoms with Gasteiger partial charge in [0, 0.05) is 24.4 Å². The summed E-state index contributed by atoms with van der Waals surface area (Å²) in [5.74, 6) is -1.75. The first-order chi connectivity index (χ1) is 11.2. The van der Waals surface area contributed by atoms with Gasteiger partial charge in [-0.3, -0.25) is 4.79 Å². The second-order valence-electron chi connectivity index (χ2n) is 6.18. The number of furan rings is 1. The summed E-state index contributed by atoms with van der Waals surface area (Å²) in [6.07, 6.45) is 0.379. The minimum Gasteiger partial charge on any atom is -0.478 e. The molecule has 0 aliphatic rings. The molecule has 0 saturated heterocycles. The molecule has 1 amide bonds. The quantitative estimate of drug-likeness (QED) is 0.849. The minimum absolute atomic E-state index is 0.00737. The van der Waals surface area contributed by atoms with Crippen molar-refractivity contribution in [3.63, 3.8) is 0 Å². The van der Waals surface area contributed by atoms with E-state index in [-0.39, 0.29) is 29.4 Å². The molecule has 0 radical (unpaired) electrons. The topological polar surface area (TPSA) is 79.5 Å². The molecule has 0 bridgehead atoms. The molecule has 5 nitrogen and oxygen atoms in total. The van der Waals surface area contributed by atoms with Crippen molar-refractivity contribution in [3.8, 4) is 0 Å². The third-order valence-electron chi connectivity index (χ3n) is 3.88. The van der Waals surface area contributed by atoms with Crippen molar-refractivity contribution in [2.24, 2.45) is 0 Å². The maximum atomic E-state index is 13.4. The molecule has 24 heavy (non-hydrogen) atoms. The number of hydrogen-bond acceptors (Lipinski definition) is 3. The SMILES string of the molecule is CCc1oc(C(=O)NCC(C)(C)c2cccc(F)c2)cc1C(=O)O. The highest BCUT2D eigenvalue weighted by Gasteiger charge is 2.24. The Morgan fingerprint density at radius 1 is 1.29 bits per heavy atom. The van der Waals surface area contributed by atoms with Crippen LogP contribution < -0.4 is 5.32 Å². The Morgan fingerprint density at radius 2 is 2.00 bits per heavy atom. The van der Waals surface area contributed by atoms with Gasteiger partial charge in [0.15, 0.2) is 5.76 Å². The zero-order chi connectivity index (χ0) is 17.9. The summed E-state index contributed by atoms with van der Waals surface area (Å²) in [6, 6.07) is 7.43. The molecule has 0 unspecified atom stereocenters. The van der Waals surface area contributed by atoms with E-state index in [2.05, 4.69) is 5.32 Å². The monoisotopic (exact) mass is 333 g/mol. The number of carbonyl (C=O) groups is 2. The normalized spacial score (nSPS) is 11.3. The van der Waals surface area contributed by atoms with Gasteiger partial charge in [0.05, 0.1) is 0 Å². The molecule has 0 saturated carbocycles. The van der Waals surface area contributed by atoms with Gasteiger partial charge in [-0.05, 0) is 17.7 Å². The second-order valence-corrected chi connectivity index (χ2v) is 6.18. The summed E-state index contributed by atoms with van der Waals surface area (Å²) in [6.45, 7) is 5.76. The highest BCUT2D eigenvalue weighted by atomic mass is 19.1. The molecule has 6 heteroatoms. The predicted octanol–water partition coefficient (Wildman–Crippen LogP) is 3.39. The van der Waals surface area contributed by atoms with Gasteiger partial charge in [-0.1, -0.05) is 32.9 Å². The van der Waals surface area contributed by atoms with Crippen LogP contribution in [0.3, 0.4) is 0 Å². The number of halogens is 1. The maximum Gasteiger partial charge on any atom is 0.339 e. The van der Waals surface area contributed by atoms with Crippen molar-refractivity contribution < 1.29 is 23.5 Å². The predicted molar refractivity (Wildman–Crippen MR) is 86.8 cm³/mol. The Bertz CT molecular complexity index is 764. The molecule has 1 aromatic heterocycles. The number of benzene rings is 1. The first-order valence-corrected chi connectivity index (χ1v) is 7.65. The highest BCUT2D eigenvalue weighted by molar-refractivity contribution is 5.96. The van der Waals surface area contributed by atoms with Crippen LogP contribution in [0.1, 0.15) is 53.0 Å². The molecule has 0 spiro atoms. The first-order valence-electron chi connectivity index (χ1n) is 7.65. The minimum atomic E-state index is -1.13. The van der Waals surface area contributed by atoms with Gasteiger partial charge in [0.25, 0.3) is 5.91 Å². The van der Waals surface area contributed by atoms with Crippen LogP contribution in [0.5, 0.6) is 0 Å². The Labute approximate surface area is 139 Å². The van der Waals surface area contributed by atoms with Gasteiger partial charge in [-0.25, -0.2) is 9.18 Å². The number of aryl methyl sites for hydroxylation is 1. The summed E-state index contributed by atoms with van der Waals surface area (Å²) >= 11 is 0. The third-order valence-corrected chi connectivity index (χ3v) is 3.88. The van der Waals surface area contributed by atoms with Gasteiger partial charge in [-0.15, -0.1) is 0 Å². The van der Waals surface area contributed by atoms with Gasteiger partial charge in [-0.2, -0.15) is 0 Å². The number of carboxylic acid groups (broad SMARTS) is 1. The molecule has 0 aliphatic carbocycles. The first kappa shape index (κ1) is 17.7. The molecular weight excluding hydrogens is 313 g/mol. The number of nitrogens with one attached hydrogen (secondary N) is 1. The van der Waals surface area contributed by atoms with Crippen LogP contribution in [0, 0.1) is 5.82 Å². The lowest BCUT2D eigenvalue weighted by molar-refractivity contribution is 0.0694. The zero-order valence-corrected chi connectivity index (χ0v) is 13.9. The Hall–Kier alpha value is -2.63. The van der Waals surface area contributed by atoms with E-state index in [1.807, 2.05) is 13.8 Å². The van der Waals surface area contributed by atoms with E-state index in [9.17, 15) is 14.0 Å². The van der Waals surface area contributed by atoms with E-state index in [4.69, 9.17) is 9.52 Å². The number of amides is 1. The molecule has 2 N–H and O–H groups in total. The van der Waals surface area contributed by atoms with Crippen molar-refractivity contribution in [3.05, 3.63) is 58.8 Å². The molecular formula is C18H20FNO4. The van der Waals surface area contributed by atoms with Gasteiger partial charge in [0.2, 0.25) is 0 Å². The summed E-state index contributed by atoms with van der Waals surface area (Å²) in [4.78, 5) is 23.3. The molecule has 0 aliphatic heterocycles. The van der Waals surface area contributed by atoms with Crippen LogP contribution in [0.4, 0.5) is 4.39 Å². The number of rotatable bonds is 6. The fourth-order valence-electron chi connectivity index (χ4n) is 2.38. The van der Waals surface area contributed by atoms with Crippen LogP contribution >= 0.6 is 0 Å². The number of carboxylic acids is 1. The highest BCUT2D eigenvalue weighted by Crippen LogP contribution is 2.23. The lowest BCUT2D eigenvalue weighted by Gasteiger charge is -2.25. The van der Waals surface area contributed by atoms with Crippen LogP contribution in [0.15, 0.2) is 34.7 Å². The van der Waals surface area contributed by atoms with E-state index < -0.39 is 17.3 Å². The molecule has 0 atom stereocenters. The van der Waals surface area contributed by atoms with Crippen LogP contribution in [-0.2, 0) is 11.8 Å². The standard InChI is InChI=1S/C18H20FNO4/c1-4-14-13(17(22)23)9-15(24-14)16(21)20-10-18(2,3)11-6-5-7-12(19)8-11/h5-9H,4,10H2,1-3H3,(H,20,21)(H,22,23). The third kappa shape index (κ3) is 3.82. The average molecular weight is 333 g/mol.